The van der Waals surface area contributed by atoms with Crippen LogP contribution >= 0.6 is 0 Å². The average Bonchev–Trinajstić information content (AvgIpc) is 3.18. The van der Waals surface area contributed by atoms with Gasteiger partial charge in [0.05, 0.1) is 18.9 Å². The third-order valence-electron chi connectivity index (χ3n) is 6.09. The van der Waals surface area contributed by atoms with Crippen molar-refractivity contribution in [2.45, 2.75) is 25.4 Å². The molecule has 5 rings (SSSR count). The number of hydrogen-bond acceptors (Lipinski definition) is 5. The van der Waals surface area contributed by atoms with Crippen LogP contribution in [0.1, 0.15) is 24.0 Å². The molecule has 2 aromatic rings. The molecule has 2 fully saturated rings. The SMILES string of the molecule is C1=C(CN2CCOCC2)Cc2ccnc(-c3ccc(OC4CCNCC4)cc3)c21. The summed E-state index contributed by atoms with van der Waals surface area (Å²) in [5.41, 5.74) is 6.37. The molecule has 5 heteroatoms. The predicted octanol–water partition coefficient (Wildman–Crippen LogP) is 3.15. The van der Waals surface area contributed by atoms with E-state index in [1.165, 1.54) is 16.7 Å². The Balaban J connectivity index is 1.31. The Morgan fingerprint density at radius 3 is 2.66 bits per heavy atom. The maximum absolute atomic E-state index is 6.15. The van der Waals surface area contributed by atoms with E-state index in [0.717, 1.165) is 82.2 Å². The van der Waals surface area contributed by atoms with E-state index in [4.69, 9.17) is 14.5 Å². The van der Waals surface area contributed by atoms with Crippen LogP contribution in [0, 0.1) is 0 Å². The number of aromatic nitrogens is 1. The molecule has 5 nitrogen and oxygen atoms in total. The number of nitrogens with zero attached hydrogens (tertiary/aromatic N) is 2. The van der Waals surface area contributed by atoms with Gasteiger partial charge in [-0.1, -0.05) is 11.6 Å². The average molecular weight is 392 g/mol. The minimum absolute atomic E-state index is 0.326. The van der Waals surface area contributed by atoms with Crippen LogP contribution in [0.5, 0.6) is 5.75 Å². The second-order valence-corrected chi connectivity index (χ2v) is 8.19. The molecular weight excluding hydrogens is 362 g/mol. The van der Waals surface area contributed by atoms with Gasteiger partial charge in [0.2, 0.25) is 0 Å². The molecule has 0 spiro atoms. The van der Waals surface area contributed by atoms with Crippen molar-refractivity contribution in [2.24, 2.45) is 0 Å². The summed E-state index contributed by atoms with van der Waals surface area (Å²) in [6, 6.07) is 10.6. The van der Waals surface area contributed by atoms with Gasteiger partial charge in [0.15, 0.2) is 0 Å². The van der Waals surface area contributed by atoms with Gasteiger partial charge in [0.25, 0.3) is 0 Å². The number of rotatable bonds is 5. The van der Waals surface area contributed by atoms with Crippen molar-refractivity contribution in [2.75, 3.05) is 45.9 Å². The first-order valence-electron chi connectivity index (χ1n) is 10.8. The first-order valence-corrected chi connectivity index (χ1v) is 10.8. The van der Waals surface area contributed by atoms with Crippen molar-refractivity contribution < 1.29 is 9.47 Å². The monoisotopic (exact) mass is 391 g/mol. The fourth-order valence-electron chi connectivity index (χ4n) is 4.50. The Hall–Kier alpha value is -2.21. The highest BCUT2D eigenvalue weighted by Crippen LogP contribution is 2.33. The molecule has 1 N–H and O–H groups in total. The number of nitrogens with one attached hydrogen (secondary N) is 1. The van der Waals surface area contributed by atoms with Crippen molar-refractivity contribution in [3.8, 4) is 17.0 Å². The quantitative estimate of drug-likeness (QED) is 0.848. The number of ether oxygens (including phenoxy) is 2. The zero-order valence-corrected chi connectivity index (χ0v) is 16.9. The van der Waals surface area contributed by atoms with Crippen LogP contribution < -0.4 is 10.1 Å². The van der Waals surface area contributed by atoms with Gasteiger partial charge in [-0.05, 0) is 68.2 Å². The molecule has 2 saturated heterocycles. The van der Waals surface area contributed by atoms with E-state index in [9.17, 15) is 0 Å². The van der Waals surface area contributed by atoms with Gasteiger partial charge in [-0.2, -0.15) is 0 Å². The van der Waals surface area contributed by atoms with Crippen molar-refractivity contribution in [1.29, 1.82) is 0 Å². The van der Waals surface area contributed by atoms with Gasteiger partial charge in [-0.3, -0.25) is 9.88 Å². The van der Waals surface area contributed by atoms with E-state index in [-0.39, 0.29) is 0 Å². The Labute approximate surface area is 172 Å². The van der Waals surface area contributed by atoms with E-state index >= 15 is 0 Å². The molecule has 0 atom stereocenters. The molecule has 0 amide bonds. The lowest BCUT2D eigenvalue weighted by atomic mass is 10.0. The lowest BCUT2D eigenvalue weighted by Crippen LogP contribution is -2.37. The minimum Gasteiger partial charge on any atom is -0.490 e. The molecule has 152 valence electrons. The van der Waals surface area contributed by atoms with Crippen molar-refractivity contribution >= 4 is 6.08 Å². The Morgan fingerprint density at radius 2 is 1.86 bits per heavy atom. The topological polar surface area (TPSA) is 46.6 Å². The number of fused-ring (bicyclic) bond motifs is 1. The first kappa shape index (κ1) is 18.8. The van der Waals surface area contributed by atoms with Gasteiger partial charge in [0, 0.05) is 37.0 Å². The fraction of sp³-hybridized carbons (Fsp3) is 0.458. The van der Waals surface area contributed by atoms with E-state index in [1.807, 2.05) is 6.20 Å². The van der Waals surface area contributed by atoms with Crippen LogP contribution in [0.2, 0.25) is 0 Å². The zero-order valence-electron chi connectivity index (χ0n) is 16.9. The smallest absolute Gasteiger partial charge is 0.119 e. The summed E-state index contributed by atoms with van der Waals surface area (Å²) in [5, 5.41) is 3.38. The molecule has 2 aliphatic heterocycles. The summed E-state index contributed by atoms with van der Waals surface area (Å²) in [6.45, 7) is 6.86. The molecule has 0 unspecified atom stereocenters. The normalized spacial score (nSPS) is 20.3. The molecule has 1 aromatic carbocycles. The molecule has 0 bridgehead atoms. The van der Waals surface area contributed by atoms with Crippen LogP contribution in [-0.4, -0.2) is 61.9 Å². The molecule has 29 heavy (non-hydrogen) atoms. The Morgan fingerprint density at radius 1 is 1.07 bits per heavy atom. The lowest BCUT2D eigenvalue weighted by Gasteiger charge is -2.26. The Bertz CT molecular complexity index is 866. The first-order chi connectivity index (χ1) is 14.3. The highest BCUT2D eigenvalue weighted by molar-refractivity contribution is 5.78. The molecule has 1 aromatic heterocycles. The van der Waals surface area contributed by atoms with Crippen LogP contribution in [0.3, 0.4) is 0 Å². The molecule has 1 aliphatic carbocycles. The number of benzene rings is 1. The third kappa shape index (κ3) is 4.37. The van der Waals surface area contributed by atoms with E-state index < -0.39 is 0 Å². The predicted molar refractivity (Wildman–Crippen MR) is 115 cm³/mol. The van der Waals surface area contributed by atoms with Crippen molar-refractivity contribution in [3.63, 3.8) is 0 Å². The summed E-state index contributed by atoms with van der Waals surface area (Å²) in [5.74, 6) is 0.955. The highest BCUT2D eigenvalue weighted by Gasteiger charge is 2.21. The lowest BCUT2D eigenvalue weighted by molar-refractivity contribution is 0.0422. The molecule has 3 heterocycles. The number of hydrogen-bond donors (Lipinski definition) is 1. The van der Waals surface area contributed by atoms with Crippen LogP contribution in [0.25, 0.3) is 17.3 Å². The van der Waals surface area contributed by atoms with E-state index in [1.54, 1.807) is 0 Å². The van der Waals surface area contributed by atoms with E-state index in [0.29, 0.717) is 6.10 Å². The van der Waals surface area contributed by atoms with Gasteiger partial charge < -0.3 is 14.8 Å². The summed E-state index contributed by atoms with van der Waals surface area (Å²) in [7, 11) is 0. The van der Waals surface area contributed by atoms with Crippen LogP contribution in [-0.2, 0) is 11.2 Å². The molecular formula is C24H29N3O2. The second-order valence-electron chi connectivity index (χ2n) is 8.19. The number of pyridine rings is 1. The summed E-state index contributed by atoms with van der Waals surface area (Å²) in [4.78, 5) is 7.21. The largest absolute Gasteiger partial charge is 0.490 e. The summed E-state index contributed by atoms with van der Waals surface area (Å²) in [6.07, 6.45) is 7.80. The second kappa shape index (κ2) is 8.66. The van der Waals surface area contributed by atoms with E-state index in [2.05, 4.69) is 46.6 Å². The minimum atomic E-state index is 0.326. The fourth-order valence-corrected chi connectivity index (χ4v) is 4.50. The molecule has 0 radical (unpaired) electrons. The number of morpholine rings is 1. The zero-order chi connectivity index (χ0) is 19.5. The Kier molecular flexibility index (Phi) is 5.61. The van der Waals surface area contributed by atoms with Gasteiger partial charge in [0.1, 0.15) is 11.9 Å². The third-order valence-corrected chi connectivity index (χ3v) is 6.09. The van der Waals surface area contributed by atoms with Crippen molar-refractivity contribution in [1.82, 2.24) is 15.2 Å². The standard InChI is InChI=1S/C24H29N3O2/c1-3-21(29-22-6-8-25-9-7-22)4-2-19(1)24-23-16-18(15-20(23)5-10-26-24)17-27-11-13-28-14-12-27/h1-5,10,16,22,25H,6-9,11-15,17H2. The van der Waals surface area contributed by atoms with Crippen LogP contribution in [0.4, 0.5) is 0 Å². The van der Waals surface area contributed by atoms with Gasteiger partial charge >= 0.3 is 0 Å². The maximum atomic E-state index is 6.15. The summed E-state index contributed by atoms with van der Waals surface area (Å²) < 4.78 is 11.6. The van der Waals surface area contributed by atoms with Crippen molar-refractivity contribution in [3.05, 3.63) is 53.2 Å². The van der Waals surface area contributed by atoms with Gasteiger partial charge in [-0.25, -0.2) is 0 Å². The highest BCUT2D eigenvalue weighted by atomic mass is 16.5. The molecule has 3 aliphatic rings. The molecule has 0 saturated carbocycles. The maximum Gasteiger partial charge on any atom is 0.119 e. The summed E-state index contributed by atoms with van der Waals surface area (Å²) >= 11 is 0. The van der Waals surface area contributed by atoms with Gasteiger partial charge in [-0.15, -0.1) is 0 Å². The number of piperidine rings is 1. The van der Waals surface area contributed by atoms with Crippen LogP contribution in [0.15, 0.2) is 42.1 Å².